The number of hydrogen-bond donors (Lipinski definition) is 0. The molecule has 12 aromatic rings. The van der Waals surface area contributed by atoms with Gasteiger partial charge >= 0.3 is 0 Å². The fraction of sp³-hybridized carbons (Fsp3) is 0. The van der Waals surface area contributed by atoms with Gasteiger partial charge in [-0.3, -0.25) is 4.57 Å². The van der Waals surface area contributed by atoms with E-state index in [1.165, 1.54) is 50.1 Å². The lowest BCUT2D eigenvalue weighted by molar-refractivity contribution is 1.11. The molecule has 3 heteroatoms. The van der Waals surface area contributed by atoms with Gasteiger partial charge in [-0.15, -0.1) is 0 Å². The van der Waals surface area contributed by atoms with Gasteiger partial charge in [-0.25, -0.2) is 9.97 Å². The highest BCUT2D eigenvalue weighted by Gasteiger charge is 2.21. The van der Waals surface area contributed by atoms with Crippen molar-refractivity contribution in [2.75, 3.05) is 0 Å². The van der Waals surface area contributed by atoms with E-state index in [0.717, 1.165) is 61.1 Å². The van der Waals surface area contributed by atoms with Crippen LogP contribution in [-0.2, 0) is 0 Å². The Morgan fingerprint density at radius 3 is 1.13 bits per heavy atom. The molecule has 314 valence electrons. The smallest absolute Gasteiger partial charge is 0.162 e. The zero-order chi connectivity index (χ0) is 44.5. The lowest BCUT2D eigenvalue weighted by Crippen LogP contribution is -1.99. The molecule has 0 saturated carbocycles. The maximum absolute atomic E-state index is 5.43. The van der Waals surface area contributed by atoms with E-state index in [1.54, 1.807) is 0 Å². The quantitative estimate of drug-likeness (QED) is 0.145. The predicted molar refractivity (Wildman–Crippen MR) is 280 cm³/mol. The Morgan fingerprint density at radius 1 is 0.254 bits per heavy atom. The van der Waals surface area contributed by atoms with E-state index in [4.69, 9.17) is 9.97 Å². The first kappa shape index (κ1) is 39.7. The maximum atomic E-state index is 5.43. The SMILES string of the molecule is c1ccc(-c2cc(-c3ccccc3)cc(-c3ccc(-c4cccc(-c5ccc(-c6nc(-c7cccc(-c8ccccc8)c7)c7c8ccccc8n(-c8ccccc8)c7n6)cc5)c4)cc3)c2)cc1. The van der Waals surface area contributed by atoms with Gasteiger partial charge in [-0.2, -0.15) is 0 Å². The number of nitrogens with zero attached hydrogens (tertiary/aromatic N) is 3. The highest BCUT2D eigenvalue weighted by molar-refractivity contribution is 6.14. The number of aromatic nitrogens is 3. The average Bonchev–Trinajstić information content (AvgIpc) is 3.76. The van der Waals surface area contributed by atoms with Gasteiger partial charge in [0.05, 0.1) is 16.6 Å². The third-order valence-corrected chi connectivity index (χ3v) is 12.8. The minimum absolute atomic E-state index is 0.679. The van der Waals surface area contributed by atoms with Crippen LogP contribution in [0.15, 0.2) is 261 Å². The molecular formula is C64H43N3. The number of hydrogen-bond acceptors (Lipinski definition) is 2. The molecule has 0 aliphatic carbocycles. The summed E-state index contributed by atoms with van der Waals surface area (Å²) < 4.78 is 2.27. The van der Waals surface area contributed by atoms with Crippen molar-refractivity contribution in [3.63, 3.8) is 0 Å². The van der Waals surface area contributed by atoms with E-state index in [-0.39, 0.29) is 0 Å². The molecule has 0 aliphatic rings. The van der Waals surface area contributed by atoms with Crippen LogP contribution >= 0.6 is 0 Å². The molecule has 2 heterocycles. The zero-order valence-corrected chi connectivity index (χ0v) is 36.7. The van der Waals surface area contributed by atoms with Crippen molar-refractivity contribution in [3.8, 4) is 95.1 Å². The molecular weight excluding hydrogens is 811 g/mol. The molecule has 0 radical (unpaired) electrons. The molecule has 0 atom stereocenters. The van der Waals surface area contributed by atoms with Gasteiger partial charge in [0.2, 0.25) is 0 Å². The summed E-state index contributed by atoms with van der Waals surface area (Å²) in [5.41, 5.74) is 20.1. The van der Waals surface area contributed by atoms with E-state index in [9.17, 15) is 0 Å². The Morgan fingerprint density at radius 2 is 0.612 bits per heavy atom. The predicted octanol–water partition coefficient (Wildman–Crippen LogP) is 16.9. The molecule has 12 rings (SSSR count). The van der Waals surface area contributed by atoms with Gasteiger partial charge < -0.3 is 0 Å². The lowest BCUT2D eigenvalue weighted by atomic mass is 9.92. The van der Waals surface area contributed by atoms with E-state index < -0.39 is 0 Å². The van der Waals surface area contributed by atoms with E-state index in [2.05, 4.69) is 265 Å². The van der Waals surface area contributed by atoms with Gasteiger partial charge in [0.25, 0.3) is 0 Å². The van der Waals surface area contributed by atoms with Crippen molar-refractivity contribution in [2.45, 2.75) is 0 Å². The van der Waals surface area contributed by atoms with Crippen molar-refractivity contribution >= 4 is 21.9 Å². The zero-order valence-electron chi connectivity index (χ0n) is 36.7. The molecule has 3 nitrogen and oxygen atoms in total. The minimum Gasteiger partial charge on any atom is -0.294 e. The van der Waals surface area contributed by atoms with Crippen LogP contribution in [0, 0.1) is 0 Å². The number of rotatable bonds is 9. The Hall–Kier alpha value is -8.92. The van der Waals surface area contributed by atoms with Crippen LogP contribution in [0.3, 0.4) is 0 Å². The molecule has 0 fully saturated rings. The molecule has 0 aliphatic heterocycles. The number of fused-ring (bicyclic) bond motifs is 3. The van der Waals surface area contributed by atoms with Gasteiger partial charge in [-0.1, -0.05) is 212 Å². The third kappa shape index (κ3) is 7.69. The van der Waals surface area contributed by atoms with E-state index in [0.29, 0.717) is 5.82 Å². The molecule has 0 spiro atoms. The average molecular weight is 854 g/mol. The van der Waals surface area contributed by atoms with Gasteiger partial charge in [0.15, 0.2) is 5.82 Å². The summed E-state index contributed by atoms with van der Waals surface area (Å²) in [5, 5.41) is 2.15. The highest BCUT2D eigenvalue weighted by Crippen LogP contribution is 2.40. The standard InChI is InChI=1S/C64H43N3/c1-5-17-44(18-6-1)53-25-16-26-54(40-53)62-61-59-29-13-14-30-60(59)67(58-27-11-4-12-28-58)64(61)66-63(65-62)50-37-35-48(36-38-50)52-24-15-23-51(39-52)47-31-33-49(34-32-47)57-42-55(45-19-7-2-8-20-45)41-56(43-57)46-21-9-3-10-22-46/h1-43H. The largest absolute Gasteiger partial charge is 0.294 e. The summed E-state index contributed by atoms with van der Waals surface area (Å²) in [7, 11) is 0. The molecule has 67 heavy (non-hydrogen) atoms. The summed E-state index contributed by atoms with van der Waals surface area (Å²) in [4.78, 5) is 10.8. The van der Waals surface area contributed by atoms with E-state index >= 15 is 0 Å². The fourth-order valence-electron chi connectivity index (χ4n) is 9.44. The molecule has 10 aromatic carbocycles. The van der Waals surface area contributed by atoms with Crippen molar-refractivity contribution in [2.24, 2.45) is 0 Å². The molecule has 0 bridgehead atoms. The van der Waals surface area contributed by atoms with Gasteiger partial charge in [-0.05, 0) is 115 Å². The number of para-hydroxylation sites is 2. The Labute approximate surface area is 390 Å². The second kappa shape index (κ2) is 17.2. The van der Waals surface area contributed by atoms with Crippen LogP contribution in [0.1, 0.15) is 0 Å². The lowest BCUT2D eigenvalue weighted by Gasteiger charge is -2.12. The first-order valence-corrected chi connectivity index (χ1v) is 22.8. The molecule has 0 saturated heterocycles. The Kier molecular flexibility index (Phi) is 10.2. The monoisotopic (exact) mass is 853 g/mol. The Bertz CT molecular complexity index is 3630. The van der Waals surface area contributed by atoms with Gasteiger partial charge in [0.1, 0.15) is 5.65 Å². The fourth-order valence-corrected chi connectivity index (χ4v) is 9.44. The summed E-state index contributed by atoms with van der Waals surface area (Å²) in [6.07, 6.45) is 0. The van der Waals surface area contributed by atoms with Crippen LogP contribution < -0.4 is 0 Å². The van der Waals surface area contributed by atoms with Crippen LogP contribution in [0.4, 0.5) is 0 Å². The maximum Gasteiger partial charge on any atom is 0.162 e. The van der Waals surface area contributed by atoms with Crippen molar-refractivity contribution in [1.29, 1.82) is 0 Å². The highest BCUT2D eigenvalue weighted by atomic mass is 15.1. The van der Waals surface area contributed by atoms with Crippen molar-refractivity contribution in [3.05, 3.63) is 261 Å². The summed E-state index contributed by atoms with van der Waals surface area (Å²) >= 11 is 0. The molecule has 0 N–H and O–H groups in total. The Balaban J connectivity index is 0.901. The van der Waals surface area contributed by atoms with Crippen molar-refractivity contribution < 1.29 is 0 Å². The second-order valence-electron chi connectivity index (χ2n) is 17.0. The van der Waals surface area contributed by atoms with Crippen LogP contribution in [0.25, 0.3) is 117 Å². The normalized spacial score (nSPS) is 11.3. The van der Waals surface area contributed by atoms with E-state index in [1.807, 2.05) is 0 Å². The van der Waals surface area contributed by atoms with Crippen LogP contribution in [-0.4, -0.2) is 14.5 Å². The van der Waals surface area contributed by atoms with Crippen LogP contribution in [0.2, 0.25) is 0 Å². The number of benzene rings is 10. The molecule has 0 unspecified atom stereocenters. The molecule has 2 aromatic heterocycles. The molecule has 0 amide bonds. The van der Waals surface area contributed by atoms with Crippen molar-refractivity contribution in [1.82, 2.24) is 14.5 Å². The minimum atomic E-state index is 0.679. The van der Waals surface area contributed by atoms with Crippen LogP contribution in [0.5, 0.6) is 0 Å². The van der Waals surface area contributed by atoms with Gasteiger partial charge in [0, 0.05) is 22.2 Å². The third-order valence-electron chi connectivity index (χ3n) is 12.8. The topological polar surface area (TPSA) is 30.7 Å². The first-order valence-electron chi connectivity index (χ1n) is 22.8. The first-order chi connectivity index (χ1) is 33.2. The second-order valence-corrected chi connectivity index (χ2v) is 17.0. The summed E-state index contributed by atoms with van der Waals surface area (Å²) in [6, 6.07) is 93.0. The summed E-state index contributed by atoms with van der Waals surface area (Å²) in [5.74, 6) is 0.679. The summed E-state index contributed by atoms with van der Waals surface area (Å²) in [6.45, 7) is 0.